The maximum absolute atomic E-state index is 14.8. The molecule has 0 unspecified atom stereocenters. The number of hydrogen-bond donors (Lipinski definition) is 3. The van der Waals surface area contributed by atoms with Gasteiger partial charge in [-0.25, -0.2) is 18.2 Å². The van der Waals surface area contributed by atoms with Gasteiger partial charge in [0.15, 0.2) is 11.6 Å². The van der Waals surface area contributed by atoms with Crippen LogP contribution >= 0.6 is 0 Å². The van der Waals surface area contributed by atoms with Crippen LogP contribution in [0, 0.1) is 24.4 Å². The molecule has 0 atom stereocenters. The average Bonchev–Trinajstić information content (AvgIpc) is 3.28. The molecular weight excluding hydrogens is 495 g/mol. The number of rotatable bonds is 7. The van der Waals surface area contributed by atoms with E-state index in [1.807, 2.05) is 0 Å². The van der Waals surface area contributed by atoms with Crippen molar-refractivity contribution in [2.75, 3.05) is 13.7 Å². The van der Waals surface area contributed by atoms with E-state index in [0.29, 0.717) is 44.4 Å². The van der Waals surface area contributed by atoms with Crippen molar-refractivity contribution in [3.8, 4) is 28.0 Å². The molecule has 0 aliphatic rings. The van der Waals surface area contributed by atoms with Gasteiger partial charge in [-0.2, -0.15) is 0 Å². The van der Waals surface area contributed by atoms with Crippen LogP contribution in [0.15, 0.2) is 48.3 Å². The molecule has 0 saturated carbocycles. The summed E-state index contributed by atoms with van der Waals surface area (Å²) in [5.41, 5.74) is 3.00. The predicted octanol–water partition coefficient (Wildman–Crippen LogP) is 5.92. The van der Waals surface area contributed by atoms with Crippen LogP contribution in [-0.2, 0) is 4.79 Å². The van der Waals surface area contributed by atoms with Crippen molar-refractivity contribution in [2.24, 2.45) is 0 Å². The van der Waals surface area contributed by atoms with Crippen molar-refractivity contribution >= 4 is 23.0 Å². The number of ether oxygens (including phenoxy) is 1. The molecular formula is C29H28F3N3O3. The summed E-state index contributed by atoms with van der Waals surface area (Å²) < 4.78 is 48.4. The summed E-state index contributed by atoms with van der Waals surface area (Å²) in [5.74, 6) is -2.59. The summed E-state index contributed by atoms with van der Waals surface area (Å²) in [6.45, 7) is 6.56. The molecule has 0 saturated heterocycles. The van der Waals surface area contributed by atoms with Gasteiger partial charge in [0.05, 0.1) is 19.3 Å². The number of nitrogens with one attached hydrogen (secondary N) is 2. The van der Waals surface area contributed by atoms with Crippen molar-refractivity contribution in [3.63, 3.8) is 0 Å². The number of aliphatic hydroxyl groups excluding tert-OH is 1. The monoisotopic (exact) mass is 523 g/mol. The summed E-state index contributed by atoms with van der Waals surface area (Å²) in [4.78, 5) is 20.0. The molecule has 4 aromatic rings. The topological polar surface area (TPSA) is 87.2 Å². The molecule has 0 fully saturated rings. The molecule has 1 amide bonds. The van der Waals surface area contributed by atoms with Gasteiger partial charge in [0.2, 0.25) is 5.91 Å². The van der Waals surface area contributed by atoms with E-state index in [0.717, 1.165) is 6.07 Å². The van der Waals surface area contributed by atoms with Crippen LogP contribution in [0.5, 0.6) is 5.75 Å². The lowest BCUT2D eigenvalue weighted by molar-refractivity contribution is -0.119. The third-order valence-electron chi connectivity index (χ3n) is 6.33. The number of carbonyl (C=O) groups excluding carboxylic acids is 1. The maximum atomic E-state index is 14.8. The average molecular weight is 524 g/mol. The van der Waals surface area contributed by atoms with Crippen molar-refractivity contribution in [3.05, 3.63) is 76.9 Å². The molecule has 2 aromatic carbocycles. The van der Waals surface area contributed by atoms with E-state index in [1.165, 1.54) is 25.3 Å². The normalized spacial score (nSPS) is 12.2. The Kier molecular flexibility index (Phi) is 7.33. The van der Waals surface area contributed by atoms with E-state index in [9.17, 15) is 23.1 Å². The van der Waals surface area contributed by atoms with Crippen LogP contribution in [0.4, 0.5) is 13.2 Å². The van der Waals surface area contributed by atoms with Gasteiger partial charge in [-0.1, -0.05) is 0 Å². The van der Waals surface area contributed by atoms with Crippen LogP contribution in [0.1, 0.15) is 31.9 Å². The molecule has 0 spiro atoms. The Bertz CT molecular complexity index is 1570. The maximum Gasteiger partial charge on any atom is 0.247 e. The SMILES string of the molecule is COc1c(F)cc(F)cc1-c1c[nH]c2ncc(-c3cc(F)cc(C=C(C)C(=O)NC(C)(C)CO)c3C)cc12. The zero-order chi connectivity index (χ0) is 27.8. The predicted molar refractivity (Wildman–Crippen MR) is 141 cm³/mol. The smallest absolute Gasteiger partial charge is 0.247 e. The number of carbonyl (C=O) groups is 1. The van der Waals surface area contributed by atoms with Gasteiger partial charge in [0, 0.05) is 46.1 Å². The number of halogens is 3. The van der Waals surface area contributed by atoms with Crippen LogP contribution in [-0.4, -0.2) is 40.2 Å². The van der Waals surface area contributed by atoms with Gasteiger partial charge >= 0.3 is 0 Å². The van der Waals surface area contributed by atoms with Gasteiger partial charge in [-0.05, 0) is 74.7 Å². The first-order valence-electron chi connectivity index (χ1n) is 11.9. The van der Waals surface area contributed by atoms with Gasteiger partial charge in [0.1, 0.15) is 17.3 Å². The van der Waals surface area contributed by atoms with E-state index in [2.05, 4.69) is 15.3 Å². The lowest BCUT2D eigenvalue weighted by Gasteiger charge is -2.23. The fraction of sp³-hybridized carbons (Fsp3) is 0.241. The zero-order valence-electron chi connectivity index (χ0n) is 21.7. The second kappa shape index (κ2) is 10.3. The van der Waals surface area contributed by atoms with E-state index in [4.69, 9.17) is 4.74 Å². The summed E-state index contributed by atoms with van der Waals surface area (Å²) in [5, 5.41) is 12.7. The number of hydrogen-bond acceptors (Lipinski definition) is 4. The van der Waals surface area contributed by atoms with Crippen molar-refractivity contribution in [2.45, 2.75) is 33.2 Å². The molecule has 0 radical (unpaired) electrons. The number of aromatic amines is 1. The number of H-pyrrole nitrogens is 1. The van der Waals surface area contributed by atoms with Gasteiger partial charge in [-0.3, -0.25) is 4.79 Å². The molecule has 6 nitrogen and oxygen atoms in total. The van der Waals surface area contributed by atoms with Crippen molar-refractivity contribution in [1.29, 1.82) is 0 Å². The molecule has 0 aliphatic carbocycles. The number of nitrogens with zero attached hydrogens (tertiary/aromatic N) is 1. The Morgan fingerprint density at radius 1 is 1.11 bits per heavy atom. The molecule has 0 aliphatic heterocycles. The summed E-state index contributed by atoms with van der Waals surface area (Å²) in [6, 6.07) is 6.39. The highest BCUT2D eigenvalue weighted by Crippen LogP contribution is 2.39. The lowest BCUT2D eigenvalue weighted by Crippen LogP contribution is -2.46. The molecule has 3 N–H and O–H groups in total. The Balaban J connectivity index is 1.81. The van der Waals surface area contributed by atoms with Gasteiger partial charge in [-0.15, -0.1) is 0 Å². The molecule has 2 heterocycles. The Morgan fingerprint density at radius 2 is 1.79 bits per heavy atom. The Hall–Kier alpha value is -4.11. The third kappa shape index (κ3) is 5.28. The van der Waals surface area contributed by atoms with Gasteiger partial charge < -0.3 is 20.1 Å². The second-order valence-electron chi connectivity index (χ2n) is 9.78. The van der Waals surface area contributed by atoms with Crippen LogP contribution in [0.3, 0.4) is 0 Å². The number of amides is 1. The largest absolute Gasteiger partial charge is 0.493 e. The van der Waals surface area contributed by atoms with Crippen molar-refractivity contribution < 1.29 is 27.8 Å². The highest BCUT2D eigenvalue weighted by molar-refractivity contribution is 5.99. The van der Waals surface area contributed by atoms with E-state index < -0.39 is 23.0 Å². The molecule has 4 rings (SSSR count). The van der Waals surface area contributed by atoms with Gasteiger partial charge in [0.25, 0.3) is 0 Å². The van der Waals surface area contributed by atoms with E-state index in [-0.39, 0.29) is 23.8 Å². The summed E-state index contributed by atoms with van der Waals surface area (Å²) in [7, 11) is 1.30. The van der Waals surface area contributed by atoms with Crippen LogP contribution < -0.4 is 10.1 Å². The minimum absolute atomic E-state index is 0.106. The number of fused-ring (bicyclic) bond motifs is 1. The number of methoxy groups -OCH3 is 1. The Labute approximate surface area is 218 Å². The first kappa shape index (κ1) is 26.9. The first-order valence-corrected chi connectivity index (χ1v) is 11.9. The highest BCUT2D eigenvalue weighted by Gasteiger charge is 2.21. The number of aliphatic hydroxyl groups is 1. The van der Waals surface area contributed by atoms with E-state index >= 15 is 0 Å². The van der Waals surface area contributed by atoms with Crippen LogP contribution in [0.25, 0.3) is 39.4 Å². The first-order chi connectivity index (χ1) is 17.9. The number of pyridine rings is 1. The minimum atomic E-state index is -0.833. The number of benzene rings is 2. The summed E-state index contributed by atoms with van der Waals surface area (Å²) in [6.07, 6.45) is 4.74. The highest BCUT2D eigenvalue weighted by atomic mass is 19.1. The molecule has 0 bridgehead atoms. The van der Waals surface area contributed by atoms with E-state index in [1.54, 1.807) is 52.2 Å². The van der Waals surface area contributed by atoms with Crippen molar-refractivity contribution in [1.82, 2.24) is 15.3 Å². The number of aromatic nitrogens is 2. The molecule has 198 valence electrons. The standard InChI is InChI=1S/C29H28F3N3O3/c1-15(28(37)35-29(3,4)14-36)6-17-7-19(30)9-21(16(17)2)18-8-23-24(13-34-27(23)33-12-18)22-10-20(31)11-25(32)26(22)38-5/h6-13,36H,14H2,1-5H3,(H,33,34)(H,35,37). The minimum Gasteiger partial charge on any atom is -0.493 e. The molecule has 9 heteroatoms. The zero-order valence-corrected chi connectivity index (χ0v) is 21.7. The fourth-order valence-corrected chi connectivity index (χ4v) is 4.24. The Morgan fingerprint density at radius 3 is 2.47 bits per heavy atom. The molecule has 2 aromatic heterocycles. The lowest BCUT2D eigenvalue weighted by atomic mass is 9.94. The van der Waals surface area contributed by atoms with Crippen LogP contribution in [0.2, 0.25) is 0 Å². The summed E-state index contributed by atoms with van der Waals surface area (Å²) >= 11 is 0. The third-order valence-corrected chi connectivity index (χ3v) is 6.33. The molecule has 38 heavy (non-hydrogen) atoms. The quantitative estimate of drug-likeness (QED) is 0.263. The second-order valence-corrected chi connectivity index (χ2v) is 9.78. The fourth-order valence-electron chi connectivity index (χ4n) is 4.24.